The molecule has 0 aliphatic carbocycles. The van der Waals surface area contributed by atoms with Crippen LogP contribution in [0.15, 0.2) is 34.9 Å². The van der Waals surface area contributed by atoms with Crippen LogP contribution in [0.25, 0.3) is 0 Å². The maximum Gasteiger partial charge on any atom is -0.0398 e. The van der Waals surface area contributed by atoms with Gasteiger partial charge in [0.2, 0.25) is 0 Å². The minimum absolute atomic E-state index is 1.31. The van der Waals surface area contributed by atoms with Gasteiger partial charge in [0.1, 0.15) is 0 Å². The van der Waals surface area contributed by atoms with Crippen LogP contribution in [0.4, 0.5) is 0 Å². The van der Waals surface area contributed by atoms with E-state index in [4.69, 9.17) is 0 Å². The fourth-order valence-electron chi connectivity index (χ4n) is 0.519. The van der Waals surface area contributed by atoms with E-state index in [-0.39, 0.29) is 0 Å². The second-order valence-electron chi connectivity index (χ2n) is 3.05. The van der Waals surface area contributed by atoms with E-state index in [0.29, 0.717) is 0 Å². The Morgan fingerprint density at radius 2 is 1.45 bits per heavy atom. The number of hydrogen-bond acceptors (Lipinski definition) is 0. The largest absolute Gasteiger partial charge is 0.0847 e. The van der Waals surface area contributed by atoms with Gasteiger partial charge in [-0.2, -0.15) is 0 Å². The maximum atomic E-state index is 2.16. The molecule has 0 bridgehead atoms. The van der Waals surface area contributed by atoms with Crippen LogP contribution in [-0.2, 0) is 0 Å². The Bertz CT molecular complexity index is 198. The minimum Gasteiger partial charge on any atom is -0.0847 e. The van der Waals surface area contributed by atoms with Gasteiger partial charge in [-0.15, -0.1) is 0 Å². The summed E-state index contributed by atoms with van der Waals surface area (Å²) in [4.78, 5) is 0. The lowest BCUT2D eigenvalue weighted by atomic mass is 10.1. The lowest BCUT2D eigenvalue weighted by Gasteiger charge is -1.94. The SMILES string of the molecule is C/C=C(C)/C=C\C(C)=C(C)C. The quantitative estimate of drug-likeness (QED) is 0.524. The van der Waals surface area contributed by atoms with Gasteiger partial charge in [-0.3, -0.25) is 0 Å². The summed E-state index contributed by atoms with van der Waals surface area (Å²) in [6, 6.07) is 0. The third-order valence-corrected chi connectivity index (χ3v) is 1.84. The number of hydrogen-bond donors (Lipinski definition) is 0. The van der Waals surface area contributed by atoms with Crippen LogP contribution < -0.4 is 0 Å². The standard InChI is InChI=1S/C11H18/c1-6-10(4)7-8-11(5)9(2)3/h6-8H,1-5H3/b8-7-,10-6+. The summed E-state index contributed by atoms with van der Waals surface area (Å²) in [6.45, 7) is 10.6. The van der Waals surface area contributed by atoms with E-state index in [1.165, 1.54) is 16.7 Å². The fourth-order valence-corrected chi connectivity index (χ4v) is 0.519. The smallest absolute Gasteiger partial charge is 0.0398 e. The van der Waals surface area contributed by atoms with Crippen molar-refractivity contribution in [1.82, 2.24) is 0 Å². The number of allylic oxidation sites excluding steroid dienone is 6. The molecule has 0 aromatic carbocycles. The van der Waals surface area contributed by atoms with Crippen molar-refractivity contribution in [3.63, 3.8) is 0 Å². The average Bonchev–Trinajstić information content (AvgIpc) is 1.99. The zero-order valence-corrected chi connectivity index (χ0v) is 8.23. The van der Waals surface area contributed by atoms with E-state index < -0.39 is 0 Å². The molecule has 0 saturated heterocycles. The lowest BCUT2D eigenvalue weighted by Crippen LogP contribution is -1.73. The molecule has 0 amide bonds. The summed E-state index contributed by atoms with van der Waals surface area (Å²) in [5.74, 6) is 0. The Morgan fingerprint density at radius 1 is 0.909 bits per heavy atom. The van der Waals surface area contributed by atoms with E-state index in [2.05, 4.69) is 52.8 Å². The molecule has 62 valence electrons. The highest BCUT2D eigenvalue weighted by molar-refractivity contribution is 5.27. The van der Waals surface area contributed by atoms with Crippen molar-refractivity contribution >= 4 is 0 Å². The Labute approximate surface area is 70.3 Å². The summed E-state index contributed by atoms with van der Waals surface area (Å²) in [6.07, 6.45) is 6.40. The average molecular weight is 150 g/mol. The van der Waals surface area contributed by atoms with E-state index in [1.54, 1.807) is 0 Å². The van der Waals surface area contributed by atoms with Crippen LogP contribution >= 0.6 is 0 Å². The van der Waals surface area contributed by atoms with Crippen LogP contribution in [0.1, 0.15) is 34.6 Å². The van der Waals surface area contributed by atoms with Crippen LogP contribution in [0.2, 0.25) is 0 Å². The Hall–Kier alpha value is -0.780. The van der Waals surface area contributed by atoms with Crippen molar-refractivity contribution in [2.75, 3.05) is 0 Å². The molecule has 11 heavy (non-hydrogen) atoms. The van der Waals surface area contributed by atoms with Crippen molar-refractivity contribution < 1.29 is 0 Å². The summed E-state index contributed by atoms with van der Waals surface area (Å²) in [5.41, 5.74) is 4.04. The molecular weight excluding hydrogens is 132 g/mol. The van der Waals surface area contributed by atoms with Crippen LogP contribution in [0.3, 0.4) is 0 Å². The van der Waals surface area contributed by atoms with Gasteiger partial charge in [0.05, 0.1) is 0 Å². The first kappa shape index (κ1) is 10.2. The molecule has 0 fully saturated rings. The van der Waals surface area contributed by atoms with Gasteiger partial charge in [-0.25, -0.2) is 0 Å². The molecular formula is C11H18. The summed E-state index contributed by atoms with van der Waals surface area (Å²) >= 11 is 0. The normalized spacial score (nSPS) is 12.3. The van der Waals surface area contributed by atoms with Gasteiger partial charge >= 0.3 is 0 Å². The number of rotatable bonds is 2. The van der Waals surface area contributed by atoms with Crippen molar-refractivity contribution in [2.24, 2.45) is 0 Å². The molecule has 0 atom stereocenters. The van der Waals surface area contributed by atoms with Crippen molar-refractivity contribution in [2.45, 2.75) is 34.6 Å². The highest BCUT2D eigenvalue weighted by Gasteiger charge is 1.84. The van der Waals surface area contributed by atoms with E-state index >= 15 is 0 Å². The predicted molar refractivity (Wildman–Crippen MR) is 52.6 cm³/mol. The molecule has 0 N–H and O–H groups in total. The van der Waals surface area contributed by atoms with Crippen molar-refractivity contribution in [3.8, 4) is 0 Å². The predicted octanol–water partition coefficient (Wildman–Crippen LogP) is 3.87. The van der Waals surface area contributed by atoms with Crippen LogP contribution in [-0.4, -0.2) is 0 Å². The summed E-state index contributed by atoms with van der Waals surface area (Å²) in [7, 11) is 0. The van der Waals surface area contributed by atoms with Crippen LogP contribution in [0, 0.1) is 0 Å². The first-order valence-corrected chi connectivity index (χ1v) is 4.03. The first-order chi connectivity index (χ1) is 5.07. The maximum absolute atomic E-state index is 2.16. The Balaban J connectivity index is 4.27. The third-order valence-electron chi connectivity index (χ3n) is 1.84. The van der Waals surface area contributed by atoms with Gasteiger partial charge in [-0.05, 0) is 34.6 Å². The van der Waals surface area contributed by atoms with E-state index in [0.717, 1.165) is 0 Å². The van der Waals surface area contributed by atoms with Gasteiger partial charge in [0, 0.05) is 0 Å². The molecule has 0 aromatic heterocycles. The lowest BCUT2D eigenvalue weighted by molar-refractivity contribution is 1.29. The van der Waals surface area contributed by atoms with Gasteiger partial charge in [0.15, 0.2) is 0 Å². The zero-order chi connectivity index (χ0) is 8.85. The van der Waals surface area contributed by atoms with E-state index in [1.807, 2.05) is 0 Å². The van der Waals surface area contributed by atoms with Gasteiger partial charge in [-0.1, -0.05) is 34.9 Å². The zero-order valence-electron chi connectivity index (χ0n) is 8.23. The molecule has 0 nitrogen and oxygen atoms in total. The summed E-state index contributed by atoms with van der Waals surface area (Å²) < 4.78 is 0. The van der Waals surface area contributed by atoms with Gasteiger partial charge < -0.3 is 0 Å². The molecule has 0 heteroatoms. The second-order valence-corrected chi connectivity index (χ2v) is 3.05. The molecule has 0 radical (unpaired) electrons. The fraction of sp³-hybridized carbons (Fsp3) is 0.455. The molecule has 0 spiro atoms. The monoisotopic (exact) mass is 150 g/mol. The first-order valence-electron chi connectivity index (χ1n) is 4.03. The van der Waals surface area contributed by atoms with E-state index in [9.17, 15) is 0 Å². The molecule has 0 heterocycles. The molecule has 0 aliphatic rings. The van der Waals surface area contributed by atoms with Gasteiger partial charge in [0.25, 0.3) is 0 Å². The Kier molecular flexibility index (Phi) is 4.60. The third kappa shape index (κ3) is 4.60. The van der Waals surface area contributed by atoms with Crippen LogP contribution in [0.5, 0.6) is 0 Å². The summed E-state index contributed by atoms with van der Waals surface area (Å²) in [5, 5.41) is 0. The highest BCUT2D eigenvalue weighted by Crippen LogP contribution is 2.05. The second kappa shape index (κ2) is 4.95. The molecule has 0 rings (SSSR count). The highest BCUT2D eigenvalue weighted by atomic mass is 13.9. The molecule has 0 unspecified atom stereocenters. The molecule has 0 aliphatic heterocycles. The Morgan fingerprint density at radius 3 is 1.82 bits per heavy atom. The topological polar surface area (TPSA) is 0 Å². The molecule has 0 aromatic rings. The molecule has 0 saturated carbocycles. The minimum atomic E-state index is 1.31. The van der Waals surface area contributed by atoms with Crippen molar-refractivity contribution in [3.05, 3.63) is 34.9 Å². The van der Waals surface area contributed by atoms with Crippen molar-refractivity contribution in [1.29, 1.82) is 0 Å².